The van der Waals surface area contributed by atoms with Gasteiger partial charge in [-0.1, -0.05) is 12.1 Å². The van der Waals surface area contributed by atoms with Gasteiger partial charge in [-0.15, -0.1) is 0 Å². The summed E-state index contributed by atoms with van der Waals surface area (Å²) >= 11 is 0. The zero-order chi connectivity index (χ0) is 40.6. The Balaban J connectivity index is 0.629. The Morgan fingerprint density at radius 2 is 1.66 bits per heavy atom. The number of ether oxygens (including phenoxy) is 2. The van der Waals surface area contributed by atoms with Gasteiger partial charge in [0.25, 0.3) is 17.7 Å². The number of hydrogen-bond donors (Lipinski definition) is 1. The van der Waals surface area contributed by atoms with Gasteiger partial charge in [-0.05, 0) is 54.8 Å². The monoisotopic (exact) mass is 803 g/mol. The third-order valence-corrected chi connectivity index (χ3v) is 12.7. The van der Waals surface area contributed by atoms with E-state index in [4.69, 9.17) is 9.47 Å². The number of pyridine rings is 2. The second kappa shape index (κ2) is 14.2. The minimum absolute atomic E-state index is 0.0130. The van der Waals surface area contributed by atoms with E-state index in [1.54, 1.807) is 29.3 Å². The minimum Gasteiger partial charge on any atom is -0.474 e. The summed E-state index contributed by atoms with van der Waals surface area (Å²) in [5, 5.41) is 4.49. The maximum Gasteiger partial charge on any atom is 0.262 e. The summed E-state index contributed by atoms with van der Waals surface area (Å²) in [6, 6.07) is 16.3. The fourth-order valence-electron chi connectivity index (χ4n) is 9.58. The summed E-state index contributed by atoms with van der Waals surface area (Å²) in [6.45, 7) is 2.45. The maximum absolute atomic E-state index is 15.0. The molecule has 4 fully saturated rings. The van der Waals surface area contributed by atoms with Crippen LogP contribution in [0, 0.1) is 5.41 Å². The van der Waals surface area contributed by atoms with E-state index in [2.05, 4.69) is 50.0 Å². The number of fused-ring (bicyclic) bond motifs is 4. The molecule has 7 heterocycles. The molecule has 1 unspecified atom stereocenters. The molecule has 0 bridgehead atoms. The summed E-state index contributed by atoms with van der Waals surface area (Å²) < 4.78 is 44.1. The molecule has 1 spiro atoms. The van der Waals surface area contributed by atoms with Gasteiger partial charge in [0.2, 0.25) is 17.7 Å². The first-order valence-electron chi connectivity index (χ1n) is 20.2. The van der Waals surface area contributed by atoms with Crippen LogP contribution in [-0.2, 0) is 21.4 Å². The quantitative estimate of drug-likeness (QED) is 0.130. The number of benzene rings is 2. The van der Waals surface area contributed by atoms with E-state index in [0.29, 0.717) is 44.9 Å². The van der Waals surface area contributed by atoms with Crippen molar-refractivity contribution in [2.45, 2.75) is 62.7 Å². The lowest BCUT2D eigenvalue weighted by atomic mass is 9.72. The van der Waals surface area contributed by atoms with Crippen molar-refractivity contribution in [3.8, 4) is 17.0 Å². The van der Waals surface area contributed by atoms with Crippen LogP contribution < -0.4 is 15.0 Å². The number of aryl methyl sites for hydroxylation is 1. The zero-order valence-corrected chi connectivity index (χ0v) is 32.5. The number of amides is 4. The average molecular weight is 804 g/mol. The number of nitrogens with zero attached hydrogens (tertiary/aromatic N) is 6. The van der Waals surface area contributed by atoms with Crippen molar-refractivity contribution in [1.29, 1.82) is 0 Å². The standard InChI is InChI=1S/C44H43F2N7O6/c1-50-35-11-13-47-20-34(35)31-6-3-26(15-37(31)50)27-4-10-39(48-19-27)59-30-17-29(18-30)58-14-2-12-44(45,46)25-51-21-43(22-51)23-52(24-43)28-5-7-32-33(16-28)42(57)53(41(32)56)36-8-9-38(54)49-40(36)55/h3-7,10-11,13,15-16,19-20,29-30,36H,2,8-9,12,14,17-18,21-25H2,1H3,(H,49,54,55). The molecule has 3 aromatic heterocycles. The molecule has 15 heteroatoms. The average Bonchev–Trinajstić information content (AvgIpc) is 3.60. The van der Waals surface area contributed by atoms with Gasteiger partial charge in [-0.2, -0.15) is 0 Å². The van der Waals surface area contributed by atoms with E-state index >= 15 is 0 Å². The maximum atomic E-state index is 15.0. The number of imide groups is 2. The molecule has 4 amide bonds. The molecule has 59 heavy (non-hydrogen) atoms. The highest BCUT2D eigenvalue weighted by Gasteiger charge is 2.54. The molecule has 13 nitrogen and oxygen atoms in total. The number of likely N-dealkylation sites (tertiary alicyclic amines) is 1. The van der Waals surface area contributed by atoms with Crippen molar-refractivity contribution in [3.63, 3.8) is 0 Å². The molecule has 10 rings (SSSR count). The number of carbonyl (C=O) groups excluding carboxylic acids is 4. The number of carbonyl (C=O) groups is 4. The molecule has 1 saturated carbocycles. The van der Waals surface area contributed by atoms with Crippen LogP contribution >= 0.6 is 0 Å². The van der Waals surface area contributed by atoms with Crippen LogP contribution in [0.5, 0.6) is 5.88 Å². The predicted molar refractivity (Wildman–Crippen MR) is 213 cm³/mol. The van der Waals surface area contributed by atoms with Crippen LogP contribution in [0.25, 0.3) is 32.9 Å². The van der Waals surface area contributed by atoms with Gasteiger partial charge in [0.05, 0.1) is 29.3 Å². The lowest BCUT2D eigenvalue weighted by molar-refractivity contribution is -0.136. The highest BCUT2D eigenvalue weighted by atomic mass is 19.3. The van der Waals surface area contributed by atoms with Gasteiger partial charge in [-0.3, -0.25) is 39.3 Å². The normalized spacial score (nSPS) is 22.7. The lowest BCUT2D eigenvalue weighted by Gasteiger charge is -2.61. The molecule has 5 aliphatic rings. The highest BCUT2D eigenvalue weighted by Crippen LogP contribution is 2.44. The van der Waals surface area contributed by atoms with E-state index in [-0.39, 0.29) is 67.6 Å². The van der Waals surface area contributed by atoms with Gasteiger partial charge >= 0.3 is 0 Å². The van der Waals surface area contributed by atoms with Crippen LogP contribution in [0.2, 0.25) is 0 Å². The van der Waals surface area contributed by atoms with E-state index < -0.39 is 35.6 Å². The molecule has 1 aliphatic carbocycles. The predicted octanol–water partition coefficient (Wildman–Crippen LogP) is 5.35. The van der Waals surface area contributed by atoms with E-state index in [0.717, 1.165) is 43.5 Å². The molecule has 2 aromatic carbocycles. The van der Waals surface area contributed by atoms with Crippen LogP contribution in [-0.4, -0.2) is 111 Å². The highest BCUT2D eigenvalue weighted by molar-refractivity contribution is 6.23. The number of piperidine rings is 1. The van der Waals surface area contributed by atoms with E-state index in [9.17, 15) is 28.0 Å². The summed E-state index contributed by atoms with van der Waals surface area (Å²) in [4.78, 5) is 63.9. The first-order valence-corrected chi connectivity index (χ1v) is 20.2. The Labute approximate surface area is 338 Å². The Morgan fingerprint density at radius 3 is 2.44 bits per heavy atom. The van der Waals surface area contributed by atoms with Crippen molar-refractivity contribution in [2.24, 2.45) is 12.5 Å². The van der Waals surface area contributed by atoms with Crippen LogP contribution in [0.1, 0.15) is 59.2 Å². The number of halogens is 2. The third-order valence-electron chi connectivity index (χ3n) is 12.7. The van der Waals surface area contributed by atoms with Crippen LogP contribution in [0.3, 0.4) is 0 Å². The number of alkyl halides is 2. The van der Waals surface area contributed by atoms with E-state index in [1.807, 2.05) is 30.6 Å². The number of anilines is 1. The number of nitrogens with one attached hydrogen (secondary N) is 1. The zero-order valence-electron chi connectivity index (χ0n) is 32.5. The fourth-order valence-corrected chi connectivity index (χ4v) is 9.58. The molecule has 1 N–H and O–H groups in total. The minimum atomic E-state index is -2.82. The van der Waals surface area contributed by atoms with Crippen molar-refractivity contribution in [1.82, 2.24) is 29.7 Å². The fraction of sp³-hybridized carbons (Fsp3) is 0.409. The van der Waals surface area contributed by atoms with Gasteiger partial charge in [0.15, 0.2) is 0 Å². The Morgan fingerprint density at radius 1 is 0.864 bits per heavy atom. The number of rotatable bonds is 12. The summed E-state index contributed by atoms with van der Waals surface area (Å²) in [5.41, 5.74) is 5.47. The molecular formula is C44H43F2N7O6. The Kier molecular flexibility index (Phi) is 9.01. The SMILES string of the molecule is Cn1c2ccncc2c2ccc(-c3ccc(OC4CC(OCCCC(F)(F)CN5CC6(C5)CN(c5ccc7c(c5)C(=O)N(C5CCC(=O)NC5=O)C7=O)C6)C4)nc3)cc21. The molecule has 5 aromatic rings. The Hall–Kier alpha value is -5.80. The topological polar surface area (TPSA) is 139 Å². The van der Waals surface area contributed by atoms with Gasteiger partial charge in [0.1, 0.15) is 12.1 Å². The summed E-state index contributed by atoms with van der Waals surface area (Å²) in [7, 11) is 2.06. The Bertz CT molecular complexity index is 2520. The van der Waals surface area contributed by atoms with Crippen LogP contribution in [0.15, 0.2) is 73.2 Å². The van der Waals surface area contributed by atoms with Crippen molar-refractivity contribution >= 4 is 51.1 Å². The third kappa shape index (κ3) is 6.79. The van der Waals surface area contributed by atoms with Crippen molar-refractivity contribution in [2.75, 3.05) is 44.2 Å². The second-order valence-electron chi connectivity index (χ2n) is 16.9. The molecule has 4 aliphatic heterocycles. The molecule has 0 radical (unpaired) electrons. The molecule has 3 saturated heterocycles. The second-order valence-corrected chi connectivity index (χ2v) is 16.9. The van der Waals surface area contributed by atoms with Gasteiger partial charge in [0, 0.05) is 123 Å². The first-order chi connectivity index (χ1) is 28.4. The van der Waals surface area contributed by atoms with Crippen LogP contribution in [0.4, 0.5) is 14.5 Å². The molecule has 304 valence electrons. The van der Waals surface area contributed by atoms with Crippen molar-refractivity contribution in [3.05, 3.63) is 84.3 Å². The number of aromatic nitrogens is 3. The van der Waals surface area contributed by atoms with Crippen molar-refractivity contribution < 1.29 is 37.4 Å². The largest absolute Gasteiger partial charge is 0.474 e. The number of hydrogen-bond acceptors (Lipinski definition) is 10. The first kappa shape index (κ1) is 37.5. The van der Waals surface area contributed by atoms with Gasteiger partial charge in [-0.25, -0.2) is 13.8 Å². The molecule has 1 atom stereocenters. The van der Waals surface area contributed by atoms with Gasteiger partial charge < -0.3 is 18.9 Å². The molecular weight excluding hydrogens is 761 g/mol. The lowest BCUT2D eigenvalue weighted by Crippen LogP contribution is -2.73. The van der Waals surface area contributed by atoms with E-state index in [1.165, 1.54) is 0 Å². The summed E-state index contributed by atoms with van der Waals surface area (Å²) in [5.74, 6) is -4.44. The summed E-state index contributed by atoms with van der Waals surface area (Å²) in [6.07, 6.45) is 7.06. The smallest absolute Gasteiger partial charge is 0.262 e.